The van der Waals surface area contributed by atoms with E-state index in [4.69, 9.17) is 4.74 Å². The van der Waals surface area contributed by atoms with Gasteiger partial charge in [-0.3, -0.25) is 10.1 Å². The third-order valence-electron chi connectivity index (χ3n) is 5.88. The van der Waals surface area contributed by atoms with Gasteiger partial charge in [-0.1, -0.05) is 12.1 Å². The first-order valence-electron chi connectivity index (χ1n) is 10.6. The van der Waals surface area contributed by atoms with Crippen molar-refractivity contribution < 1.29 is 18.1 Å². The van der Waals surface area contributed by atoms with E-state index in [0.717, 1.165) is 17.4 Å². The van der Waals surface area contributed by atoms with E-state index in [1.165, 1.54) is 16.4 Å². The van der Waals surface area contributed by atoms with Crippen molar-refractivity contribution >= 4 is 21.4 Å². The van der Waals surface area contributed by atoms with Crippen LogP contribution in [0.4, 0.5) is 11.4 Å². The molecule has 0 saturated carbocycles. The van der Waals surface area contributed by atoms with Crippen molar-refractivity contribution in [3.05, 3.63) is 58.1 Å². The minimum Gasteiger partial charge on any atom is -0.497 e. The monoisotopic (exact) mass is 477 g/mol. The molecule has 2 aromatic carbocycles. The lowest BCUT2D eigenvalue weighted by atomic mass is 10.1. The van der Waals surface area contributed by atoms with Crippen LogP contribution in [0.3, 0.4) is 0 Å². The number of anilines is 1. The Hall–Kier alpha value is -2.73. The maximum absolute atomic E-state index is 13.0. The summed E-state index contributed by atoms with van der Waals surface area (Å²) in [5.74, 6) is 0.747. The van der Waals surface area contributed by atoms with Crippen LogP contribution in [-0.2, 0) is 10.0 Å². The maximum atomic E-state index is 13.0. The number of piperazine rings is 1. The third kappa shape index (κ3) is 5.80. The number of hydrogen-bond acceptors (Lipinski definition) is 8. The topological polar surface area (TPSA) is 108 Å². The van der Waals surface area contributed by atoms with E-state index >= 15 is 0 Å². The summed E-state index contributed by atoms with van der Waals surface area (Å²) in [7, 11) is 3.59. The molecule has 1 N–H and O–H groups in total. The summed E-state index contributed by atoms with van der Waals surface area (Å²) >= 11 is 0. The predicted octanol–water partition coefficient (Wildman–Crippen LogP) is 2.25. The van der Waals surface area contributed by atoms with Crippen molar-refractivity contribution in [2.24, 2.45) is 0 Å². The molecule has 1 saturated heterocycles. The molecule has 1 aliphatic heterocycles. The Morgan fingerprint density at radius 3 is 2.30 bits per heavy atom. The molecule has 11 heteroatoms. The molecule has 0 aliphatic carbocycles. The number of rotatable bonds is 9. The van der Waals surface area contributed by atoms with E-state index in [2.05, 4.69) is 5.32 Å². The minimum absolute atomic E-state index is 0.0655. The molecule has 1 fully saturated rings. The molecule has 2 aromatic rings. The number of nitrogens with one attached hydrogen (secondary N) is 1. The molecule has 0 bridgehead atoms. The number of ether oxygens (including phenoxy) is 1. The summed E-state index contributed by atoms with van der Waals surface area (Å²) in [4.78, 5) is 15.2. The summed E-state index contributed by atoms with van der Waals surface area (Å²) in [5.41, 5.74) is 1.03. The van der Waals surface area contributed by atoms with Crippen molar-refractivity contribution in [1.29, 1.82) is 0 Å². The van der Waals surface area contributed by atoms with Crippen molar-refractivity contribution in [3.63, 3.8) is 0 Å². The number of nitro benzene ring substituents is 1. The highest BCUT2D eigenvalue weighted by Gasteiger charge is 2.30. The second kappa shape index (κ2) is 10.5. The number of nitro groups is 1. The zero-order valence-corrected chi connectivity index (χ0v) is 20.2. The third-order valence-corrected chi connectivity index (χ3v) is 7.77. The minimum atomic E-state index is -3.80. The average molecular weight is 478 g/mol. The molecule has 1 heterocycles. The zero-order valence-electron chi connectivity index (χ0n) is 19.4. The zero-order chi connectivity index (χ0) is 24.2. The molecule has 0 amide bonds. The average Bonchev–Trinajstić information content (AvgIpc) is 2.79. The number of hydrogen-bond donors (Lipinski definition) is 1. The smallest absolute Gasteiger partial charge is 0.293 e. The highest BCUT2D eigenvalue weighted by molar-refractivity contribution is 7.89. The Morgan fingerprint density at radius 1 is 1.12 bits per heavy atom. The highest BCUT2D eigenvalue weighted by atomic mass is 32.2. The van der Waals surface area contributed by atoms with E-state index < -0.39 is 14.9 Å². The van der Waals surface area contributed by atoms with Gasteiger partial charge in [-0.25, -0.2) is 8.42 Å². The second-order valence-electron chi connectivity index (χ2n) is 8.28. The quantitative estimate of drug-likeness (QED) is 0.433. The van der Waals surface area contributed by atoms with E-state index in [0.29, 0.717) is 32.7 Å². The number of nitrogens with zero attached hydrogens (tertiary/aromatic N) is 4. The Balaban J connectivity index is 1.82. The maximum Gasteiger partial charge on any atom is 0.293 e. The Bertz CT molecular complexity index is 1070. The van der Waals surface area contributed by atoms with Gasteiger partial charge < -0.3 is 19.9 Å². The van der Waals surface area contributed by atoms with Crippen LogP contribution >= 0.6 is 0 Å². The van der Waals surface area contributed by atoms with Crippen LogP contribution in [0.15, 0.2) is 47.4 Å². The molecule has 33 heavy (non-hydrogen) atoms. The van der Waals surface area contributed by atoms with Crippen molar-refractivity contribution in [3.8, 4) is 5.75 Å². The molecular weight excluding hydrogens is 446 g/mol. The Labute approximate surface area is 194 Å². The molecule has 0 radical (unpaired) electrons. The van der Waals surface area contributed by atoms with E-state index in [1.54, 1.807) is 7.11 Å². The van der Waals surface area contributed by atoms with Gasteiger partial charge in [-0.15, -0.1) is 0 Å². The molecule has 180 valence electrons. The largest absolute Gasteiger partial charge is 0.497 e. The summed E-state index contributed by atoms with van der Waals surface area (Å²) < 4.78 is 32.6. The molecule has 0 spiro atoms. The van der Waals surface area contributed by atoms with E-state index in [-0.39, 0.29) is 22.3 Å². The molecule has 3 rings (SSSR count). The van der Waals surface area contributed by atoms with Gasteiger partial charge in [0.25, 0.3) is 5.69 Å². The van der Waals surface area contributed by atoms with E-state index in [1.807, 2.05) is 55.2 Å². The molecule has 1 atom stereocenters. The first-order valence-corrected chi connectivity index (χ1v) is 12.1. The van der Waals surface area contributed by atoms with Crippen LogP contribution in [0.1, 0.15) is 11.6 Å². The van der Waals surface area contributed by atoms with Gasteiger partial charge in [-0.2, -0.15) is 4.31 Å². The standard InChI is InChI=1S/C22H31N5O5S/c1-24(2)22(17-5-7-18(32-4)8-6-17)16-23-20-10-9-19(15-21(20)27(28)29)33(30,31)26-13-11-25(3)12-14-26/h5-10,15,22-23H,11-14,16H2,1-4H3. The van der Waals surface area contributed by atoms with Crippen molar-refractivity contribution in [2.45, 2.75) is 10.9 Å². The summed E-state index contributed by atoms with van der Waals surface area (Å²) in [6, 6.07) is 11.6. The van der Waals surface area contributed by atoms with Crippen LogP contribution in [0.5, 0.6) is 5.75 Å². The van der Waals surface area contributed by atoms with Gasteiger partial charge >= 0.3 is 0 Å². The summed E-state index contributed by atoms with van der Waals surface area (Å²) in [5, 5.41) is 14.9. The lowest BCUT2D eigenvalue weighted by Crippen LogP contribution is -2.47. The van der Waals surface area contributed by atoms with Gasteiger partial charge in [0.15, 0.2) is 0 Å². The normalized spacial score (nSPS) is 16.5. The SMILES string of the molecule is COc1ccc(C(CNc2ccc(S(=O)(=O)N3CCN(C)CC3)cc2[N+](=O)[O-])N(C)C)cc1. The van der Waals surface area contributed by atoms with Gasteiger partial charge in [0.05, 0.1) is 23.0 Å². The van der Waals surface area contributed by atoms with Gasteiger partial charge in [0.1, 0.15) is 11.4 Å². The first kappa shape index (κ1) is 24.9. The number of methoxy groups -OCH3 is 1. The van der Waals surface area contributed by atoms with Crippen LogP contribution in [0, 0.1) is 10.1 Å². The lowest BCUT2D eigenvalue weighted by molar-refractivity contribution is -0.384. The predicted molar refractivity (Wildman–Crippen MR) is 127 cm³/mol. The lowest BCUT2D eigenvalue weighted by Gasteiger charge is -2.31. The van der Waals surface area contributed by atoms with Gasteiger partial charge in [0.2, 0.25) is 10.0 Å². The number of likely N-dealkylation sites (N-methyl/N-ethyl adjacent to an activating group) is 2. The Kier molecular flexibility index (Phi) is 7.90. The molecule has 1 aliphatic rings. The fraction of sp³-hybridized carbons (Fsp3) is 0.455. The number of sulfonamides is 1. The molecule has 1 unspecified atom stereocenters. The van der Waals surface area contributed by atoms with Gasteiger partial charge in [0, 0.05) is 38.8 Å². The van der Waals surface area contributed by atoms with E-state index in [9.17, 15) is 18.5 Å². The fourth-order valence-electron chi connectivity index (χ4n) is 3.78. The van der Waals surface area contributed by atoms with Gasteiger partial charge in [-0.05, 0) is 51.0 Å². The first-order chi connectivity index (χ1) is 15.6. The van der Waals surface area contributed by atoms with Crippen LogP contribution in [-0.4, -0.2) is 88.4 Å². The van der Waals surface area contributed by atoms with Crippen LogP contribution in [0.2, 0.25) is 0 Å². The Morgan fingerprint density at radius 2 is 1.76 bits per heavy atom. The van der Waals surface area contributed by atoms with Crippen molar-refractivity contribution in [1.82, 2.24) is 14.1 Å². The van der Waals surface area contributed by atoms with Crippen LogP contribution in [0.25, 0.3) is 0 Å². The second-order valence-corrected chi connectivity index (χ2v) is 10.2. The summed E-state index contributed by atoms with van der Waals surface area (Å²) in [6.07, 6.45) is 0. The molecular formula is C22H31N5O5S. The van der Waals surface area contributed by atoms with Crippen molar-refractivity contribution in [2.75, 3.05) is 66.3 Å². The molecule has 0 aromatic heterocycles. The highest BCUT2D eigenvalue weighted by Crippen LogP contribution is 2.30. The fourth-order valence-corrected chi connectivity index (χ4v) is 5.22. The van der Waals surface area contributed by atoms with Crippen LogP contribution < -0.4 is 10.1 Å². The molecule has 10 nitrogen and oxygen atoms in total. The number of benzene rings is 2. The summed E-state index contributed by atoms with van der Waals surface area (Å²) in [6.45, 7) is 2.36.